The van der Waals surface area contributed by atoms with Crippen LogP contribution in [0.3, 0.4) is 0 Å². The second kappa shape index (κ2) is 15.7. The summed E-state index contributed by atoms with van der Waals surface area (Å²) in [5.74, 6) is -1.19. The molecular formula is C36H36Cl2N4O8. The number of fused-ring (bicyclic) bond motifs is 2. The summed E-state index contributed by atoms with van der Waals surface area (Å²) in [6.45, 7) is 2.99. The Bertz CT molecular complexity index is 1760. The molecular weight excluding hydrogens is 687 g/mol. The van der Waals surface area contributed by atoms with Crippen molar-refractivity contribution in [1.29, 1.82) is 0 Å². The second-order valence-corrected chi connectivity index (χ2v) is 13.1. The van der Waals surface area contributed by atoms with Crippen molar-refractivity contribution in [2.24, 2.45) is 0 Å². The average molecular weight is 724 g/mol. The normalized spacial score (nSPS) is 16.2. The summed E-state index contributed by atoms with van der Waals surface area (Å²) in [6.07, 6.45) is -2.63. The molecule has 0 saturated heterocycles. The van der Waals surface area contributed by atoms with Crippen molar-refractivity contribution in [2.45, 2.75) is 38.1 Å². The lowest BCUT2D eigenvalue weighted by Crippen LogP contribution is -2.34. The van der Waals surface area contributed by atoms with Gasteiger partial charge in [0, 0.05) is 72.6 Å². The molecule has 0 fully saturated rings. The minimum Gasteiger partial charge on any atom is -0.481 e. The molecule has 0 spiro atoms. The molecule has 0 saturated carbocycles. The van der Waals surface area contributed by atoms with Gasteiger partial charge in [0.1, 0.15) is 13.2 Å². The van der Waals surface area contributed by atoms with Crippen LogP contribution < -0.4 is 9.47 Å². The fraction of sp³-hybridized carbons (Fsp3) is 0.333. The van der Waals surface area contributed by atoms with Crippen molar-refractivity contribution < 1.29 is 39.5 Å². The second-order valence-electron chi connectivity index (χ2n) is 12.3. The highest BCUT2D eigenvalue weighted by Gasteiger charge is 2.24. The lowest BCUT2D eigenvalue weighted by molar-refractivity contribution is -0.140. The maximum atomic E-state index is 11.0. The molecule has 14 heteroatoms. The third-order valence-electron chi connectivity index (χ3n) is 8.56. The molecule has 262 valence electrons. The Morgan fingerprint density at radius 1 is 0.660 bits per heavy atom. The molecule has 0 bridgehead atoms. The summed E-state index contributed by atoms with van der Waals surface area (Å²) >= 11 is 14.1. The van der Waals surface area contributed by atoms with Crippen LogP contribution in [0.4, 0.5) is 0 Å². The summed E-state index contributed by atoms with van der Waals surface area (Å²) in [7, 11) is 0. The first-order chi connectivity index (χ1) is 24.0. The van der Waals surface area contributed by atoms with Crippen molar-refractivity contribution in [1.82, 2.24) is 19.8 Å². The van der Waals surface area contributed by atoms with Gasteiger partial charge in [-0.1, -0.05) is 71.7 Å². The summed E-state index contributed by atoms with van der Waals surface area (Å²) in [5.41, 5.74) is 5.62. The van der Waals surface area contributed by atoms with E-state index in [-0.39, 0.29) is 25.9 Å². The van der Waals surface area contributed by atoms with Gasteiger partial charge in [0.05, 0.1) is 46.5 Å². The molecule has 0 radical (unpaired) electrons. The van der Waals surface area contributed by atoms with Gasteiger partial charge in [-0.3, -0.25) is 19.4 Å². The summed E-state index contributed by atoms with van der Waals surface area (Å²) < 4.78 is 11.9. The van der Waals surface area contributed by atoms with Gasteiger partial charge >= 0.3 is 11.9 Å². The Balaban J connectivity index is 1.23. The first-order valence-electron chi connectivity index (χ1n) is 16.1. The number of halogens is 2. The number of carboxylic acids is 2. The number of benzene rings is 2. The zero-order valence-corrected chi connectivity index (χ0v) is 28.5. The van der Waals surface area contributed by atoms with Crippen LogP contribution in [0.15, 0.2) is 60.7 Å². The summed E-state index contributed by atoms with van der Waals surface area (Å²) in [6, 6.07) is 18.8. The maximum Gasteiger partial charge on any atom is 0.306 e. The van der Waals surface area contributed by atoms with E-state index in [9.17, 15) is 19.8 Å². The molecule has 0 amide bonds. The number of rotatable bonds is 11. The van der Waals surface area contributed by atoms with Gasteiger partial charge < -0.3 is 29.9 Å². The van der Waals surface area contributed by atoms with Gasteiger partial charge in [0.15, 0.2) is 0 Å². The van der Waals surface area contributed by atoms with Gasteiger partial charge in [-0.25, -0.2) is 9.97 Å². The van der Waals surface area contributed by atoms with Crippen LogP contribution in [0.25, 0.3) is 33.6 Å². The highest BCUT2D eigenvalue weighted by molar-refractivity contribution is 6.39. The molecule has 12 nitrogen and oxygen atoms in total. The van der Waals surface area contributed by atoms with Crippen molar-refractivity contribution >= 4 is 35.1 Å². The number of aliphatic carboxylic acids is 2. The lowest BCUT2D eigenvalue weighted by atomic mass is 9.98. The van der Waals surface area contributed by atoms with E-state index in [1.807, 2.05) is 70.5 Å². The number of carboxylic acid groups (broad SMARTS) is 2. The van der Waals surface area contributed by atoms with E-state index in [1.165, 1.54) is 0 Å². The molecule has 2 aliphatic heterocycles. The molecule has 2 unspecified atom stereocenters. The average Bonchev–Trinajstić information content (AvgIpc) is 3.38. The number of aromatic nitrogens is 2. The van der Waals surface area contributed by atoms with E-state index in [4.69, 9.17) is 52.9 Å². The molecule has 2 atom stereocenters. The van der Waals surface area contributed by atoms with Crippen LogP contribution in [0.2, 0.25) is 10.0 Å². The Kier molecular flexibility index (Phi) is 11.2. The van der Waals surface area contributed by atoms with Gasteiger partial charge in [-0.2, -0.15) is 0 Å². The van der Waals surface area contributed by atoms with E-state index in [0.29, 0.717) is 94.8 Å². The molecule has 4 N–H and O–H groups in total. The Hall–Kier alpha value is -4.30. The molecule has 2 aromatic carbocycles. The predicted molar refractivity (Wildman–Crippen MR) is 186 cm³/mol. The van der Waals surface area contributed by atoms with Crippen LogP contribution in [0.1, 0.15) is 24.0 Å². The van der Waals surface area contributed by atoms with E-state index in [0.717, 1.165) is 11.1 Å². The Labute approximate surface area is 298 Å². The van der Waals surface area contributed by atoms with Crippen molar-refractivity contribution in [2.75, 3.05) is 39.4 Å². The smallest absolute Gasteiger partial charge is 0.306 e. The van der Waals surface area contributed by atoms with Crippen LogP contribution in [-0.2, 0) is 22.7 Å². The predicted octanol–water partition coefficient (Wildman–Crippen LogP) is 4.84. The zero-order chi connectivity index (χ0) is 35.4. The number of nitrogens with zero attached hydrogens (tertiary/aromatic N) is 4. The topological polar surface area (TPSA) is 166 Å². The molecule has 4 aromatic rings. The van der Waals surface area contributed by atoms with Crippen molar-refractivity contribution in [3.05, 3.63) is 81.8 Å². The molecule has 0 aliphatic carbocycles. The monoisotopic (exact) mass is 722 g/mol. The van der Waals surface area contributed by atoms with Crippen LogP contribution in [0, 0.1) is 0 Å². The fourth-order valence-corrected chi connectivity index (χ4v) is 6.88. The third kappa shape index (κ3) is 8.35. The standard InChI is InChI=1S/C36H36Cl2N4O8/c37-33-25(3-1-5-27(33)29-9-7-21-17-41(11-13-49-35(21)39-29)19-23(43)15-31(45)46)26-4-2-6-28(34(26)38)30-10-8-22-18-42(12-14-50-36(22)40-30)20-24(44)16-32(47)48/h1-10,23-24,43-44H,11-20H2,(H,45,46)(H,47,48). The van der Waals surface area contributed by atoms with Gasteiger partial charge in [0.25, 0.3) is 0 Å². The number of aliphatic hydroxyl groups excluding tert-OH is 2. The fourth-order valence-electron chi connectivity index (χ4n) is 6.23. The van der Waals surface area contributed by atoms with E-state index in [1.54, 1.807) is 0 Å². The molecule has 2 aromatic heterocycles. The minimum absolute atomic E-state index is 0.207. The van der Waals surface area contributed by atoms with E-state index < -0.39 is 24.1 Å². The maximum absolute atomic E-state index is 11.0. The van der Waals surface area contributed by atoms with Gasteiger partial charge in [0.2, 0.25) is 11.8 Å². The molecule has 6 rings (SSSR count). The SMILES string of the molecule is O=C(O)CC(O)CN1CCOc2nc(-c3cccc(-c4cccc(-c5ccc6c(n5)OCCN(CC(O)CC(=O)O)C6)c4Cl)c3Cl)ccc2C1. The highest BCUT2D eigenvalue weighted by Crippen LogP contribution is 2.42. The number of hydrogen-bond acceptors (Lipinski definition) is 10. The zero-order valence-electron chi connectivity index (χ0n) is 27.0. The van der Waals surface area contributed by atoms with Gasteiger partial charge in [-0.15, -0.1) is 0 Å². The Morgan fingerprint density at radius 2 is 1.06 bits per heavy atom. The van der Waals surface area contributed by atoms with Crippen LogP contribution >= 0.6 is 23.2 Å². The Morgan fingerprint density at radius 3 is 1.46 bits per heavy atom. The number of ether oxygens (including phenoxy) is 2. The minimum atomic E-state index is -1.05. The van der Waals surface area contributed by atoms with Crippen molar-refractivity contribution in [3.63, 3.8) is 0 Å². The molecule has 2 aliphatic rings. The van der Waals surface area contributed by atoms with E-state index >= 15 is 0 Å². The molecule has 4 heterocycles. The van der Waals surface area contributed by atoms with Crippen LogP contribution in [-0.4, -0.2) is 104 Å². The largest absolute Gasteiger partial charge is 0.481 e. The number of carbonyl (C=O) groups is 2. The summed E-state index contributed by atoms with van der Waals surface area (Å²) in [4.78, 5) is 35.4. The van der Waals surface area contributed by atoms with Crippen LogP contribution in [0.5, 0.6) is 11.8 Å². The third-order valence-corrected chi connectivity index (χ3v) is 9.37. The number of β-amino-alcohol motifs (C(OH)–C–C–N with tert-alkyl or cyclic N) is 2. The van der Waals surface area contributed by atoms with Crippen molar-refractivity contribution in [3.8, 4) is 45.4 Å². The number of hydrogen-bond donors (Lipinski definition) is 4. The summed E-state index contributed by atoms with van der Waals surface area (Å²) in [5, 5.41) is 39.2. The van der Waals surface area contributed by atoms with E-state index in [2.05, 4.69) is 0 Å². The lowest BCUT2D eigenvalue weighted by Gasteiger charge is -2.21. The van der Waals surface area contributed by atoms with Gasteiger partial charge in [-0.05, 0) is 12.1 Å². The first-order valence-corrected chi connectivity index (χ1v) is 16.9. The number of pyridine rings is 2. The number of aliphatic hydroxyl groups is 2. The highest BCUT2D eigenvalue weighted by atomic mass is 35.5. The first kappa shape index (κ1) is 35.5. The quantitative estimate of drug-likeness (QED) is 0.167. The molecule has 50 heavy (non-hydrogen) atoms.